The van der Waals surface area contributed by atoms with E-state index in [-0.39, 0.29) is 11.7 Å². The van der Waals surface area contributed by atoms with Crippen molar-refractivity contribution in [1.29, 1.82) is 0 Å². The molecule has 0 heterocycles. The second-order valence-electron chi connectivity index (χ2n) is 5.85. The molecule has 0 aliphatic carbocycles. The van der Waals surface area contributed by atoms with E-state index in [0.717, 1.165) is 0 Å². The van der Waals surface area contributed by atoms with Crippen LogP contribution in [0.4, 0.5) is 5.69 Å². The van der Waals surface area contributed by atoms with Gasteiger partial charge in [0.2, 0.25) is 5.91 Å². The zero-order chi connectivity index (χ0) is 19.8. The number of rotatable bonds is 7. The van der Waals surface area contributed by atoms with Gasteiger partial charge >= 0.3 is 5.97 Å². The average molecular weight is 368 g/mol. The van der Waals surface area contributed by atoms with Crippen LogP contribution in [0.1, 0.15) is 34.6 Å². The number of hydrogen-bond donors (Lipinski definition) is 2. The van der Waals surface area contributed by atoms with E-state index in [2.05, 4.69) is 10.6 Å². The molecule has 0 aliphatic rings. The molecule has 0 spiro atoms. The molecule has 0 aliphatic heterocycles. The predicted molar refractivity (Wildman–Crippen MR) is 99.4 cm³/mol. The number of ketones is 1. The Morgan fingerprint density at radius 1 is 0.926 bits per heavy atom. The molecule has 0 saturated carbocycles. The molecule has 140 valence electrons. The summed E-state index contributed by atoms with van der Waals surface area (Å²) in [7, 11) is 0. The molecule has 2 N–H and O–H groups in total. The number of esters is 1. The van der Waals surface area contributed by atoms with Gasteiger partial charge < -0.3 is 15.4 Å². The van der Waals surface area contributed by atoms with Crippen LogP contribution >= 0.6 is 0 Å². The Balaban J connectivity index is 1.84. The molecule has 0 saturated heterocycles. The summed E-state index contributed by atoms with van der Waals surface area (Å²) in [6.45, 7) is 2.43. The number of ether oxygens (including phenoxy) is 1. The van der Waals surface area contributed by atoms with Crippen molar-refractivity contribution in [2.75, 3.05) is 11.9 Å². The summed E-state index contributed by atoms with van der Waals surface area (Å²) in [5.41, 5.74) is 1.33. The lowest BCUT2D eigenvalue weighted by Gasteiger charge is -2.13. The van der Waals surface area contributed by atoms with Crippen LogP contribution in [0.5, 0.6) is 0 Å². The predicted octanol–water partition coefficient (Wildman–Crippen LogP) is 2.19. The summed E-state index contributed by atoms with van der Waals surface area (Å²) in [5, 5.41) is 5.11. The smallest absolute Gasteiger partial charge is 0.328 e. The van der Waals surface area contributed by atoms with Gasteiger partial charge in [-0.3, -0.25) is 14.4 Å². The SMILES string of the molecule is CC(=O)Nc1ccc(C(=O)COC(=O)C(C)NC(=O)c2ccccc2)cc1. The third-order valence-corrected chi connectivity index (χ3v) is 3.61. The van der Waals surface area contributed by atoms with E-state index in [1.807, 2.05) is 0 Å². The first-order valence-corrected chi connectivity index (χ1v) is 8.30. The maximum absolute atomic E-state index is 12.1. The largest absolute Gasteiger partial charge is 0.456 e. The summed E-state index contributed by atoms with van der Waals surface area (Å²) >= 11 is 0. The highest BCUT2D eigenvalue weighted by Crippen LogP contribution is 2.10. The first kappa shape index (κ1) is 19.8. The molecule has 27 heavy (non-hydrogen) atoms. The Hall–Kier alpha value is -3.48. The van der Waals surface area contributed by atoms with Crippen LogP contribution in [-0.2, 0) is 14.3 Å². The molecule has 0 bridgehead atoms. The second-order valence-corrected chi connectivity index (χ2v) is 5.85. The van der Waals surface area contributed by atoms with Crippen LogP contribution in [0.15, 0.2) is 54.6 Å². The molecule has 7 heteroatoms. The van der Waals surface area contributed by atoms with Crippen molar-refractivity contribution >= 4 is 29.3 Å². The highest BCUT2D eigenvalue weighted by molar-refractivity contribution is 5.99. The molecule has 2 amide bonds. The lowest BCUT2D eigenvalue weighted by Crippen LogP contribution is -2.40. The van der Waals surface area contributed by atoms with Crippen molar-refractivity contribution in [2.24, 2.45) is 0 Å². The van der Waals surface area contributed by atoms with Crippen molar-refractivity contribution in [3.63, 3.8) is 0 Å². The van der Waals surface area contributed by atoms with Crippen molar-refractivity contribution in [3.8, 4) is 0 Å². The number of nitrogens with one attached hydrogen (secondary N) is 2. The Morgan fingerprint density at radius 2 is 1.56 bits per heavy atom. The molecule has 2 aromatic rings. The zero-order valence-electron chi connectivity index (χ0n) is 15.0. The van der Waals surface area contributed by atoms with E-state index in [1.165, 1.54) is 26.0 Å². The number of carbonyl (C=O) groups excluding carboxylic acids is 4. The molecule has 1 unspecified atom stereocenters. The van der Waals surface area contributed by atoms with Gasteiger partial charge in [-0.25, -0.2) is 4.79 Å². The zero-order valence-corrected chi connectivity index (χ0v) is 15.0. The van der Waals surface area contributed by atoms with Gasteiger partial charge in [-0.1, -0.05) is 18.2 Å². The second kappa shape index (κ2) is 9.28. The van der Waals surface area contributed by atoms with Gasteiger partial charge in [0.05, 0.1) is 0 Å². The summed E-state index contributed by atoms with van der Waals surface area (Å²) in [4.78, 5) is 47.1. The minimum Gasteiger partial charge on any atom is -0.456 e. The molecule has 0 fully saturated rings. The van der Waals surface area contributed by atoms with Gasteiger partial charge in [0.15, 0.2) is 12.4 Å². The van der Waals surface area contributed by atoms with Crippen LogP contribution in [0.3, 0.4) is 0 Å². The Kier molecular flexibility index (Phi) is 6.82. The topological polar surface area (TPSA) is 102 Å². The van der Waals surface area contributed by atoms with Crippen LogP contribution in [0.25, 0.3) is 0 Å². The molecule has 0 aromatic heterocycles. The molecule has 1 atom stereocenters. The first-order valence-electron chi connectivity index (χ1n) is 8.30. The quantitative estimate of drug-likeness (QED) is 0.576. The number of carbonyl (C=O) groups is 4. The minimum absolute atomic E-state index is 0.213. The lowest BCUT2D eigenvalue weighted by molar-refractivity contribution is -0.144. The van der Waals surface area contributed by atoms with Crippen molar-refractivity contribution in [1.82, 2.24) is 5.32 Å². The summed E-state index contributed by atoms with van der Waals surface area (Å²) in [5.74, 6) is -1.71. The third kappa shape index (κ3) is 6.07. The number of Topliss-reactive ketones (excluding diaryl/α,β-unsaturated/α-hetero) is 1. The number of benzene rings is 2. The normalized spacial score (nSPS) is 11.2. The molecule has 0 radical (unpaired) electrons. The van der Waals surface area contributed by atoms with E-state index in [1.54, 1.807) is 42.5 Å². The van der Waals surface area contributed by atoms with Crippen LogP contribution in [0, 0.1) is 0 Å². The van der Waals surface area contributed by atoms with Crippen LogP contribution < -0.4 is 10.6 Å². The van der Waals surface area contributed by atoms with E-state index in [9.17, 15) is 19.2 Å². The fraction of sp³-hybridized carbons (Fsp3) is 0.200. The maximum Gasteiger partial charge on any atom is 0.328 e. The average Bonchev–Trinajstić information content (AvgIpc) is 2.66. The molecular weight excluding hydrogens is 348 g/mol. The van der Waals surface area contributed by atoms with E-state index < -0.39 is 24.5 Å². The molecular formula is C20H20N2O5. The highest BCUT2D eigenvalue weighted by atomic mass is 16.5. The van der Waals surface area contributed by atoms with Gasteiger partial charge in [0.1, 0.15) is 6.04 Å². The van der Waals surface area contributed by atoms with Crippen LogP contribution in [-0.4, -0.2) is 36.2 Å². The Bertz CT molecular complexity index is 831. The lowest BCUT2D eigenvalue weighted by atomic mass is 10.1. The minimum atomic E-state index is -0.896. The Morgan fingerprint density at radius 3 is 2.15 bits per heavy atom. The van der Waals surface area contributed by atoms with Gasteiger partial charge in [-0.15, -0.1) is 0 Å². The van der Waals surface area contributed by atoms with E-state index in [4.69, 9.17) is 4.74 Å². The van der Waals surface area contributed by atoms with Crippen molar-refractivity contribution < 1.29 is 23.9 Å². The maximum atomic E-state index is 12.1. The summed E-state index contributed by atoms with van der Waals surface area (Å²) in [6.07, 6.45) is 0. The van der Waals surface area contributed by atoms with Gasteiger partial charge in [0.25, 0.3) is 5.91 Å². The molecule has 2 rings (SSSR count). The van der Waals surface area contributed by atoms with Crippen molar-refractivity contribution in [3.05, 3.63) is 65.7 Å². The molecule has 2 aromatic carbocycles. The molecule has 7 nitrogen and oxygen atoms in total. The van der Waals surface area contributed by atoms with Gasteiger partial charge in [0, 0.05) is 23.7 Å². The monoisotopic (exact) mass is 368 g/mol. The van der Waals surface area contributed by atoms with Gasteiger partial charge in [-0.05, 0) is 43.3 Å². The standard InChI is InChI=1S/C20H20N2O5/c1-13(21-19(25)16-6-4-3-5-7-16)20(26)27-12-18(24)15-8-10-17(11-9-15)22-14(2)23/h3-11,13H,12H2,1-2H3,(H,21,25)(H,22,23). The van der Waals surface area contributed by atoms with Gasteiger partial charge in [-0.2, -0.15) is 0 Å². The number of amides is 2. The third-order valence-electron chi connectivity index (χ3n) is 3.61. The fourth-order valence-corrected chi connectivity index (χ4v) is 2.22. The Labute approximate surface area is 156 Å². The summed E-state index contributed by atoms with van der Waals surface area (Å²) in [6, 6.07) is 13.8. The highest BCUT2D eigenvalue weighted by Gasteiger charge is 2.19. The van der Waals surface area contributed by atoms with Crippen LogP contribution in [0.2, 0.25) is 0 Å². The fourth-order valence-electron chi connectivity index (χ4n) is 2.22. The summed E-state index contributed by atoms with van der Waals surface area (Å²) < 4.78 is 4.98. The van der Waals surface area contributed by atoms with Crippen molar-refractivity contribution in [2.45, 2.75) is 19.9 Å². The number of hydrogen-bond acceptors (Lipinski definition) is 5. The first-order chi connectivity index (χ1) is 12.9. The van der Waals surface area contributed by atoms with E-state index >= 15 is 0 Å². The van der Waals surface area contributed by atoms with E-state index in [0.29, 0.717) is 16.8 Å². The number of anilines is 1.